The van der Waals surface area contributed by atoms with Gasteiger partial charge in [0.1, 0.15) is 11.6 Å². The first kappa shape index (κ1) is 12.2. The molecule has 1 atom stereocenters. The fraction of sp³-hybridized carbons (Fsp3) is 0.143. The topological polar surface area (TPSA) is 18.5 Å². The second-order valence-corrected chi connectivity index (χ2v) is 4.80. The molecule has 1 unspecified atom stereocenters. The molecule has 0 bridgehead atoms. The number of halogens is 3. The first-order valence-corrected chi connectivity index (χ1v) is 5.99. The number of benzene rings is 2. The standard InChI is InChI=1S/C14H9ClF2O2/c1-14(10-4-2-8(15)6-11(10)17)18-12-5-3-9(16)7-13(12)19-14/h2-7H,1H3. The molecule has 0 radical (unpaired) electrons. The number of hydrogen-bond donors (Lipinski definition) is 0. The summed E-state index contributed by atoms with van der Waals surface area (Å²) in [5, 5.41) is 0.284. The van der Waals surface area contributed by atoms with Gasteiger partial charge in [-0.05, 0) is 30.3 Å². The van der Waals surface area contributed by atoms with Gasteiger partial charge < -0.3 is 9.47 Å². The van der Waals surface area contributed by atoms with Gasteiger partial charge in [0.15, 0.2) is 11.5 Å². The molecule has 98 valence electrons. The van der Waals surface area contributed by atoms with Crippen LogP contribution in [0.4, 0.5) is 8.78 Å². The Kier molecular flexibility index (Phi) is 2.64. The van der Waals surface area contributed by atoms with E-state index in [0.29, 0.717) is 5.75 Å². The summed E-state index contributed by atoms with van der Waals surface area (Å²) >= 11 is 5.71. The van der Waals surface area contributed by atoms with Gasteiger partial charge in [-0.15, -0.1) is 0 Å². The number of hydrogen-bond acceptors (Lipinski definition) is 2. The van der Waals surface area contributed by atoms with Crippen LogP contribution in [0.25, 0.3) is 0 Å². The van der Waals surface area contributed by atoms with Crippen molar-refractivity contribution >= 4 is 11.6 Å². The van der Waals surface area contributed by atoms with E-state index in [0.717, 1.165) is 0 Å². The van der Waals surface area contributed by atoms with Crippen LogP contribution in [0.2, 0.25) is 5.02 Å². The largest absolute Gasteiger partial charge is 0.444 e. The van der Waals surface area contributed by atoms with Crippen molar-refractivity contribution in [1.82, 2.24) is 0 Å². The van der Waals surface area contributed by atoms with Gasteiger partial charge >= 0.3 is 0 Å². The first-order valence-electron chi connectivity index (χ1n) is 5.61. The summed E-state index contributed by atoms with van der Waals surface area (Å²) in [6.45, 7) is 1.57. The Hall–Kier alpha value is -1.81. The molecular weight excluding hydrogens is 274 g/mol. The van der Waals surface area contributed by atoms with Gasteiger partial charge in [0, 0.05) is 18.0 Å². The van der Waals surface area contributed by atoms with Crippen LogP contribution >= 0.6 is 11.6 Å². The second kappa shape index (κ2) is 4.10. The molecule has 1 aliphatic rings. The molecule has 2 aromatic rings. The van der Waals surface area contributed by atoms with E-state index in [2.05, 4.69) is 0 Å². The molecular formula is C14H9ClF2O2. The Labute approximate surface area is 113 Å². The molecule has 0 spiro atoms. The van der Waals surface area contributed by atoms with E-state index in [1.54, 1.807) is 13.0 Å². The average molecular weight is 283 g/mol. The molecule has 1 aliphatic heterocycles. The van der Waals surface area contributed by atoms with E-state index < -0.39 is 17.4 Å². The van der Waals surface area contributed by atoms with Crippen LogP contribution in [-0.2, 0) is 5.79 Å². The predicted molar refractivity (Wildman–Crippen MR) is 66.4 cm³/mol. The van der Waals surface area contributed by atoms with Crippen molar-refractivity contribution in [2.24, 2.45) is 0 Å². The van der Waals surface area contributed by atoms with Crippen LogP contribution in [0.3, 0.4) is 0 Å². The Bertz CT molecular complexity index is 660. The summed E-state index contributed by atoms with van der Waals surface area (Å²) in [5.41, 5.74) is 0.202. The van der Waals surface area contributed by atoms with Crippen molar-refractivity contribution in [2.75, 3.05) is 0 Å². The third kappa shape index (κ3) is 2.02. The van der Waals surface area contributed by atoms with E-state index in [-0.39, 0.29) is 16.3 Å². The minimum atomic E-state index is -1.33. The maximum absolute atomic E-state index is 13.9. The maximum Gasteiger partial charge on any atom is 0.278 e. The van der Waals surface area contributed by atoms with Crippen molar-refractivity contribution < 1.29 is 18.3 Å². The highest BCUT2D eigenvalue weighted by atomic mass is 35.5. The number of fused-ring (bicyclic) bond motifs is 1. The summed E-state index contributed by atoms with van der Waals surface area (Å²) in [6, 6.07) is 8.12. The van der Waals surface area contributed by atoms with Crippen LogP contribution < -0.4 is 9.47 Å². The highest BCUT2D eigenvalue weighted by Gasteiger charge is 2.41. The Morgan fingerprint density at radius 1 is 1.00 bits per heavy atom. The molecule has 0 aliphatic carbocycles. The zero-order valence-corrected chi connectivity index (χ0v) is 10.7. The Morgan fingerprint density at radius 3 is 2.47 bits per heavy atom. The van der Waals surface area contributed by atoms with E-state index in [4.69, 9.17) is 21.1 Å². The van der Waals surface area contributed by atoms with E-state index in [1.165, 1.54) is 30.3 Å². The summed E-state index contributed by atoms with van der Waals surface area (Å²) < 4.78 is 38.2. The fourth-order valence-corrected chi connectivity index (χ4v) is 2.21. The predicted octanol–water partition coefficient (Wildman–Crippen LogP) is 4.26. The van der Waals surface area contributed by atoms with Gasteiger partial charge in [-0.3, -0.25) is 0 Å². The number of ether oxygens (including phenoxy) is 2. The molecule has 19 heavy (non-hydrogen) atoms. The lowest BCUT2D eigenvalue weighted by atomic mass is 10.1. The van der Waals surface area contributed by atoms with Crippen molar-refractivity contribution in [3.05, 3.63) is 58.6 Å². The average Bonchev–Trinajstić information content (AvgIpc) is 2.65. The molecule has 2 nitrogen and oxygen atoms in total. The highest BCUT2D eigenvalue weighted by molar-refractivity contribution is 6.30. The zero-order chi connectivity index (χ0) is 13.6. The smallest absolute Gasteiger partial charge is 0.278 e. The van der Waals surface area contributed by atoms with E-state index in [9.17, 15) is 8.78 Å². The zero-order valence-electron chi connectivity index (χ0n) is 9.91. The second-order valence-electron chi connectivity index (χ2n) is 4.37. The van der Waals surface area contributed by atoms with Crippen molar-refractivity contribution in [2.45, 2.75) is 12.7 Å². The minimum absolute atomic E-state index is 0.202. The lowest BCUT2D eigenvalue weighted by molar-refractivity contribution is -0.0707. The first-order chi connectivity index (χ1) is 8.98. The van der Waals surface area contributed by atoms with Gasteiger partial charge in [-0.2, -0.15) is 0 Å². The molecule has 0 amide bonds. The molecule has 2 aromatic carbocycles. The van der Waals surface area contributed by atoms with Crippen molar-refractivity contribution in [1.29, 1.82) is 0 Å². The third-order valence-electron chi connectivity index (χ3n) is 2.94. The summed E-state index contributed by atoms with van der Waals surface area (Å²) in [5.74, 6) is -1.69. The van der Waals surface area contributed by atoms with Gasteiger partial charge in [-0.25, -0.2) is 8.78 Å². The molecule has 1 heterocycles. The molecule has 0 saturated carbocycles. The summed E-state index contributed by atoms with van der Waals surface area (Å²) in [6.07, 6.45) is 0. The monoisotopic (exact) mass is 282 g/mol. The molecule has 0 aromatic heterocycles. The van der Waals surface area contributed by atoms with Gasteiger partial charge in [0.2, 0.25) is 0 Å². The SMILES string of the molecule is CC1(c2ccc(Cl)cc2F)Oc2ccc(F)cc2O1. The molecule has 3 rings (SSSR count). The Balaban J connectivity index is 2.03. The van der Waals surface area contributed by atoms with Crippen LogP contribution in [0.15, 0.2) is 36.4 Å². The van der Waals surface area contributed by atoms with E-state index >= 15 is 0 Å². The lowest BCUT2D eigenvalue weighted by Gasteiger charge is -2.23. The van der Waals surface area contributed by atoms with Gasteiger partial charge in [0.25, 0.3) is 5.79 Å². The summed E-state index contributed by atoms with van der Waals surface area (Å²) in [4.78, 5) is 0. The van der Waals surface area contributed by atoms with Crippen LogP contribution in [0, 0.1) is 11.6 Å². The number of rotatable bonds is 1. The maximum atomic E-state index is 13.9. The van der Waals surface area contributed by atoms with Crippen molar-refractivity contribution in [3.8, 4) is 11.5 Å². The molecule has 0 fully saturated rings. The van der Waals surface area contributed by atoms with Gasteiger partial charge in [-0.1, -0.05) is 11.6 Å². The molecule has 0 saturated heterocycles. The third-order valence-corrected chi connectivity index (χ3v) is 3.17. The van der Waals surface area contributed by atoms with Gasteiger partial charge in [0.05, 0.1) is 5.56 Å². The van der Waals surface area contributed by atoms with E-state index in [1.807, 2.05) is 0 Å². The summed E-state index contributed by atoms with van der Waals surface area (Å²) in [7, 11) is 0. The molecule has 0 N–H and O–H groups in total. The van der Waals surface area contributed by atoms with Crippen LogP contribution in [-0.4, -0.2) is 0 Å². The van der Waals surface area contributed by atoms with Crippen LogP contribution in [0.5, 0.6) is 11.5 Å². The molecule has 5 heteroatoms. The quantitative estimate of drug-likeness (QED) is 0.778. The van der Waals surface area contributed by atoms with Crippen LogP contribution in [0.1, 0.15) is 12.5 Å². The minimum Gasteiger partial charge on any atom is -0.444 e. The lowest BCUT2D eigenvalue weighted by Crippen LogP contribution is -2.32. The normalized spacial score (nSPS) is 20.6. The van der Waals surface area contributed by atoms with Crippen molar-refractivity contribution in [3.63, 3.8) is 0 Å². The fourth-order valence-electron chi connectivity index (χ4n) is 2.05. The Morgan fingerprint density at radius 2 is 1.74 bits per heavy atom. The highest BCUT2D eigenvalue weighted by Crippen LogP contribution is 2.44.